The standard InChI is InChI=1S/C30H33NO3S/c32-29-30-24-14-8-9-15-25(24)31(29)18-10-4-2-1-3-5-11-19-33-26-17-16-22-12-6-7-13-23(22)27(26)28(30)34-20-21-35-30/h6-9,12-17,28H,1-5,10-11,18-21H2/t28-,30-/m1/s1. The highest BCUT2D eigenvalue weighted by molar-refractivity contribution is 8.01. The summed E-state index contributed by atoms with van der Waals surface area (Å²) in [6.07, 6.45) is 7.75. The average Bonchev–Trinajstić information content (AvgIpc) is 3.12. The Morgan fingerprint density at radius 3 is 2.51 bits per heavy atom. The highest BCUT2D eigenvalue weighted by Gasteiger charge is 2.59. The van der Waals surface area contributed by atoms with Gasteiger partial charge in [-0.3, -0.25) is 4.79 Å². The molecule has 1 fully saturated rings. The van der Waals surface area contributed by atoms with E-state index < -0.39 is 10.9 Å². The fraction of sp³-hybridized carbons (Fsp3) is 0.433. The number of para-hydroxylation sites is 1. The number of carbonyl (C=O) groups excluding carboxylic acids is 1. The molecule has 0 saturated carbocycles. The molecule has 3 aliphatic heterocycles. The summed E-state index contributed by atoms with van der Waals surface area (Å²) < 4.78 is 12.3. The van der Waals surface area contributed by atoms with Crippen LogP contribution in [0.25, 0.3) is 10.8 Å². The first-order valence-corrected chi connectivity index (χ1v) is 14.1. The van der Waals surface area contributed by atoms with Crippen molar-refractivity contribution in [3.05, 3.63) is 71.8 Å². The van der Waals surface area contributed by atoms with Gasteiger partial charge in [-0.1, -0.05) is 80.6 Å². The number of amides is 1. The third-order valence-electron chi connectivity index (χ3n) is 7.70. The lowest BCUT2D eigenvalue weighted by Crippen LogP contribution is -2.46. The van der Waals surface area contributed by atoms with Gasteiger partial charge in [-0.15, -0.1) is 11.8 Å². The number of hydrogen-bond acceptors (Lipinski definition) is 4. The highest BCUT2D eigenvalue weighted by atomic mass is 32.2. The third kappa shape index (κ3) is 3.93. The number of hydrogen-bond donors (Lipinski definition) is 0. The van der Waals surface area contributed by atoms with Crippen LogP contribution in [0.4, 0.5) is 5.69 Å². The van der Waals surface area contributed by atoms with Gasteiger partial charge in [0.15, 0.2) is 4.75 Å². The first-order valence-electron chi connectivity index (χ1n) is 13.1. The van der Waals surface area contributed by atoms with E-state index in [0.717, 1.165) is 64.9 Å². The molecule has 2 atom stereocenters. The van der Waals surface area contributed by atoms with Crippen molar-refractivity contribution in [3.8, 4) is 5.75 Å². The number of ether oxygens (including phenoxy) is 2. The summed E-state index contributed by atoms with van der Waals surface area (Å²) in [5.41, 5.74) is 3.16. The minimum Gasteiger partial charge on any atom is -0.493 e. The number of anilines is 1. The van der Waals surface area contributed by atoms with Crippen LogP contribution in [0.5, 0.6) is 5.75 Å². The van der Waals surface area contributed by atoms with Crippen molar-refractivity contribution in [2.24, 2.45) is 0 Å². The first-order chi connectivity index (χ1) is 17.3. The molecule has 3 aliphatic rings. The predicted octanol–water partition coefficient (Wildman–Crippen LogP) is 7.01. The molecular weight excluding hydrogens is 454 g/mol. The minimum atomic E-state index is -0.797. The number of thioether (sulfide) groups is 1. The van der Waals surface area contributed by atoms with E-state index in [0.29, 0.717) is 13.2 Å². The molecule has 1 spiro atoms. The van der Waals surface area contributed by atoms with Crippen LogP contribution < -0.4 is 9.64 Å². The second-order valence-electron chi connectivity index (χ2n) is 9.83. The Bertz CT molecular complexity index is 1230. The number of carbonyl (C=O) groups is 1. The largest absolute Gasteiger partial charge is 0.493 e. The van der Waals surface area contributed by atoms with Gasteiger partial charge in [0.1, 0.15) is 11.9 Å². The number of rotatable bonds is 0. The molecule has 0 aliphatic carbocycles. The summed E-state index contributed by atoms with van der Waals surface area (Å²) in [5, 5.41) is 2.26. The molecule has 0 N–H and O–H groups in total. The van der Waals surface area contributed by atoms with Gasteiger partial charge in [0.2, 0.25) is 0 Å². The van der Waals surface area contributed by atoms with Crippen molar-refractivity contribution < 1.29 is 14.3 Å². The van der Waals surface area contributed by atoms with E-state index in [-0.39, 0.29) is 5.91 Å². The van der Waals surface area contributed by atoms with Crippen LogP contribution in [0.3, 0.4) is 0 Å². The van der Waals surface area contributed by atoms with E-state index in [9.17, 15) is 4.79 Å². The molecule has 4 nitrogen and oxygen atoms in total. The summed E-state index contributed by atoms with van der Waals surface area (Å²) in [5.74, 6) is 1.82. The maximum Gasteiger partial charge on any atom is 0.250 e. The normalized spacial score (nSPS) is 25.4. The van der Waals surface area contributed by atoms with E-state index in [1.165, 1.54) is 25.7 Å². The van der Waals surface area contributed by atoms with Gasteiger partial charge in [0.25, 0.3) is 5.91 Å². The van der Waals surface area contributed by atoms with Crippen molar-refractivity contribution in [1.29, 1.82) is 0 Å². The Labute approximate surface area is 212 Å². The van der Waals surface area contributed by atoms with Gasteiger partial charge in [-0.05, 0) is 35.7 Å². The van der Waals surface area contributed by atoms with Gasteiger partial charge < -0.3 is 14.4 Å². The topological polar surface area (TPSA) is 38.8 Å². The summed E-state index contributed by atoms with van der Waals surface area (Å²) in [6.45, 7) is 2.08. The van der Waals surface area contributed by atoms with E-state index >= 15 is 0 Å². The molecule has 6 rings (SSSR count). The molecule has 0 radical (unpaired) electrons. The lowest BCUT2D eigenvalue weighted by Gasteiger charge is -2.40. The monoisotopic (exact) mass is 487 g/mol. The van der Waals surface area contributed by atoms with E-state index in [2.05, 4.69) is 60.7 Å². The molecule has 3 aromatic carbocycles. The molecule has 182 valence electrons. The molecule has 1 saturated heterocycles. The zero-order chi connectivity index (χ0) is 23.7. The molecule has 0 unspecified atom stereocenters. The molecular formula is C30H33NO3S. The maximum atomic E-state index is 14.4. The van der Waals surface area contributed by atoms with Crippen molar-refractivity contribution in [2.45, 2.75) is 55.8 Å². The van der Waals surface area contributed by atoms with Gasteiger partial charge in [0, 0.05) is 29.1 Å². The quantitative estimate of drug-likeness (QED) is 0.342. The van der Waals surface area contributed by atoms with Gasteiger partial charge in [0.05, 0.1) is 13.2 Å². The predicted molar refractivity (Wildman–Crippen MR) is 143 cm³/mol. The number of fused-ring (bicyclic) bond motifs is 7. The second-order valence-corrected chi connectivity index (χ2v) is 11.2. The van der Waals surface area contributed by atoms with Crippen LogP contribution in [-0.2, 0) is 14.3 Å². The minimum absolute atomic E-state index is 0.166. The summed E-state index contributed by atoms with van der Waals surface area (Å²) >= 11 is 1.75. The summed E-state index contributed by atoms with van der Waals surface area (Å²) in [4.78, 5) is 16.5. The van der Waals surface area contributed by atoms with Gasteiger partial charge >= 0.3 is 0 Å². The molecule has 3 aromatic rings. The Kier molecular flexibility index (Phi) is 6.46. The maximum absolute atomic E-state index is 14.4. The van der Waals surface area contributed by atoms with Crippen LogP contribution in [0.2, 0.25) is 0 Å². The lowest BCUT2D eigenvalue weighted by atomic mass is 9.86. The molecule has 35 heavy (non-hydrogen) atoms. The smallest absolute Gasteiger partial charge is 0.250 e. The highest BCUT2D eigenvalue weighted by Crippen LogP contribution is 2.60. The first kappa shape index (κ1) is 22.9. The average molecular weight is 488 g/mol. The van der Waals surface area contributed by atoms with Gasteiger partial charge in [-0.2, -0.15) is 0 Å². The summed E-state index contributed by atoms with van der Waals surface area (Å²) in [6, 6.07) is 21.0. The van der Waals surface area contributed by atoms with Crippen molar-refractivity contribution in [2.75, 3.05) is 30.4 Å². The fourth-order valence-electron chi connectivity index (χ4n) is 6.02. The van der Waals surface area contributed by atoms with Crippen molar-refractivity contribution >= 4 is 34.1 Å². The Balaban J connectivity index is 1.55. The van der Waals surface area contributed by atoms with Crippen LogP contribution in [0.15, 0.2) is 60.7 Å². The zero-order valence-electron chi connectivity index (χ0n) is 20.2. The number of benzene rings is 3. The molecule has 2 bridgehead atoms. The van der Waals surface area contributed by atoms with Crippen molar-refractivity contribution in [1.82, 2.24) is 0 Å². The van der Waals surface area contributed by atoms with E-state index in [4.69, 9.17) is 9.47 Å². The van der Waals surface area contributed by atoms with E-state index in [1.54, 1.807) is 11.8 Å². The number of nitrogens with zero attached hydrogens (tertiary/aromatic N) is 1. The summed E-state index contributed by atoms with van der Waals surface area (Å²) in [7, 11) is 0. The fourth-order valence-corrected chi connectivity index (χ4v) is 7.42. The van der Waals surface area contributed by atoms with E-state index in [1.807, 2.05) is 4.90 Å². The lowest BCUT2D eigenvalue weighted by molar-refractivity contribution is -0.125. The molecule has 1 amide bonds. The van der Waals surface area contributed by atoms with Crippen molar-refractivity contribution in [3.63, 3.8) is 0 Å². The van der Waals surface area contributed by atoms with Crippen LogP contribution >= 0.6 is 11.8 Å². The SMILES string of the molecule is O=C1N2CCCCCCCCCOc3ccc4ccccc4c3[C@H]3OCCS[C@@]13c1ccccc12. The molecule has 0 aromatic heterocycles. The van der Waals surface area contributed by atoms with Gasteiger partial charge in [-0.25, -0.2) is 0 Å². The second kappa shape index (κ2) is 9.87. The molecule has 5 heteroatoms. The van der Waals surface area contributed by atoms with Crippen LogP contribution in [0.1, 0.15) is 62.2 Å². The van der Waals surface area contributed by atoms with Crippen LogP contribution in [-0.4, -0.2) is 31.4 Å². The zero-order valence-corrected chi connectivity index (χ0v) is 21.0. The van der Waals surface area contributed by atoms with Crippen LogP contribution in [0, 0.1) is 0 Å². The Hall–Kier alpha value is -2.50. The Morgan fingerprint density at radius 1 is 0.829 bits per heavy atom. The Morgan fingerprint density at radius 2 is 1.60 bits per heavy atom. The molecule has 3 heterocycles. The third-order valence-corrected chi connectivity index (χ3v) is 9.14.